The second-order valence-corrected chi connectivity index (χ2v) is 17.9. The van der Waals surface area contributed by atoms with E-state index in [0.29, 0.717) is 32.5 Å². The fourth-order valence-corrected chi connectivity index (χ4v) is 9.19. The van der Waals surface area contributed by atoms with Crippen molar-refractivity contribution in [1.29, 1.82) is 0 Å². The predicted octanol–water partition coefficient (Wildman–Crippen LogP) is 1.62. The van der Waals surface area contributed by atoms with Crippen LogP contribution in [0, 0.1) is 17.8 Å². The van der Waals surface area contributed by atoms with Crippen LogP contribution in [-0.2, 0) is 33.2 Å². The zero-order valence-electron chi connectivity index (χ0n) is 35.9. The lowest BCUT2D eigenvalue weighted by Crippen LogP contribution is -2.60. The van der Waals surface area contributed by atoms with Gasteiger partial charge in [-0.1, -0.05) is 20.8 Å². The first-order chi connectivity index (χ1) is 25.4. The largest absolute Gasteiger partial charge is 0.459 e. The number of cyclic esters (lactones) is 1. The van der Waals surface area contributed by atoms with E-state index in [1.54, 1.807) is 34.6 Å². The normalized spacial score (nSPS) is 47.6. The maximum absolute atomic E-state index is 14.3. The van der Waals surface area contributed by atoms with Crippen LogP contribution >= 0.6 is 0 Å². The van der Waals surface area contributed by atoms with Gasteiger partial charge in [0, 0.05) is 38.1 Å². The average Bonchev–Trinajstić information content (AvgIpc) is 3.11. The summed E-state index contributed by atoms with van der Waals surface area (Å²) in [4.78, 5) is 18.3. The molecular weight excluding hydrogens is 714 g/mol. The van der Waals surface area contributed by atoms with Gasteiger partial charge in [-0.15, -0.1) is 0 Å². The second-order valence-electron chi connectivity index (χ2n) is 17.9. The van der Waals surface area contributed by atoms with E-state index in [0.717, 1.165) is 0 Å². The highest BCUT2D eigenvalue weighted by Crippen LogP contribution is 2.40. The first kappa shape index (κ1) is 48.3. The molecule has 15 nitrogen and oxygen atoms in total. The highest BCUT2D eigenvalue weighted by atomic mass is 16.7. The summed E-state index contributed by atoms with van der Waals surface area (Å²) in [5.74, 6) is -2.66. The Balaban J connectivity index is 2.20. The molecule has 3 aliphatic heterocycles. The summed E-state index contributed by atoms with van der Waals surface area (Å²) >= 11 is 0. The molecule has 7 N–H and O–H groups in total. The Kier molecular flexibility index (Phi) is 17.4. The Bertz CT molecular complexity index is 1200. The lowest BCUT2D eigenvalue weighted by molar-refractivity contribution is -0.318. The van der Waals surface area contributed by atoms with E-state index in [4.69, 9.17) is 34.2 Å². The van der Waals surface area contributed by atoms with Gasteiger partial charge in [-0.05, 0) is 107 Å². The number of rotatable bonds is 10. The maximum atomic E-state index is 14.3. The third-order valence-electron chi connectivity index (χ3n) is 12.7. The van der Waals surface area contributed by atoms with Gasteiger partial charge in [-0.2, -0.15) is 0 Å². The monoisotopic (exact) mass is 792 g/mol. The smallest absolute Gasteiger partial charge is 0.311 e. The van der Waals surface area contributed by atoms with E-state index in [1.807, 2.05) is 46.7 Å². The van der Waals surface area contributed by atoms with Crippen molar-refractivity contribution in [3.63, 3.8) is 0 Å². The van der Waals surface area contributed by atoms with Crippen LogP contribution in [0.25, 0.3) is 0 Å². The molecule has 0 bridgehead atoms. The van der Waals surface area contributed by atoms with Crippen LogP contribution in [-0.4, -0.2) is 172 Å². The van der Waals surface area contributed by atoms with Crippen molar-refractivity contribution in [1.82, 2.24) is 9.80 Å². The van der Waals surface area contributed by atoms with Gasteiger partial charge in [0.05, 0.1) is 41.5 Å². The van der Waals surface area contributed by atoms with Crippen LogP contribution in [0.1, 0.15) is 101 Å². The van der Waals surface area contributed by atoms with E-state index < -0.39 is 96.0 Å². The third-order valence-corrected chi connectivity index (χ3v) is 12.7. The maximum Gasteiger partial charge on any atom is 0.311 e. The molecule has 3 saturated heterocycles. The van der Waals surface area contributed by atoms with Crippen molar-refractivity contribution in [3.8, 4) is 0 Å². The lowest BCUT2D eigenvalue weighted by atomic mass is 9.77. The molecule has 0 unspecified atom stereocenters. The van der Waals surface area contributed by atoms with Gasteiger partial charge >= 0.3 is 5.97 Å². The molecule has 55 heavy (non-hydrogen) atoms. The molecule has 3 rings (SSSR count). The first-order valence-corrected chi connectivity index (χ1v) is 20.4. The van der Waals surface area contributed by atoms with Crippen LogP contribution in [0.2, 0.25) is 0 Å². The summed E-state index contributed by atoms with van der Waals surface area (Å²) in [5, 5.41) is 58.9. The number of nitrogens with zero attached hydrogens (tertiary/aromatic N) is 2. The minimum Gasteiger partial charge on any atom is -0.459 e. The quantitative estimate of drug-likeness (QED) is 0.174. The van der Waals surface area contributed by atoms with Gasteiger partial charge in [0.2, 0.25) is 0 Å². The standard InChI is InChI=1S/C40H77N3O12/c1-14-29-40(10,49)33(45)26(6)43(17-15-16-41)21-22(2)19-38(8,48)35(55-37-31(44)28(42(11)12)18-23(3)51-37)24(4)32(25(5)36(47)53-29)54-30-20-39(9,50-13)34(46)27(7)52-30/h22-35,37,44-46,48-49H,14-21,41H2,1-13H3/t22-,23-,24+,25-,26-,27+,28+,29-,30+,31-,32+,33-,34+,35-,37+,38-,39-,40-/m1/s1. The van der Waals surface area contributed by atoms with E-state index in [-0.39, 0.29) is 37.3 Å². The molecule has 18 atom stereocenters. The topological polar surface area (TPSA) is 206 Å². The third kappa shape index (κ3) is 11.4. The van der Waals surface area contributed by atoms with Gasteiger partial charge in [0.25, 0.3) is 0 Å². The molecule has 15 heteroatoms. The van der Waals surface area contributed by atoms with Crippen LogP contribution in [0.3, 0.4) is 0 Å². The summed E-state index contributed by atoms with van der Waals surface area (Å²) in [6, 6.07) is -0.855. The Hall–Kier alpha value is -1.05. The average molecular weight is 792 g/mol. The molecule has 0 aliphatic carbocycles. The molecular formula is C40H77N3O12. The number of methoxy groups -OCH3 is 1. The Morgan fingerprint density at radius 1 is 0.964 bits per heavy atom. The molecule has 0 aromatic heterocycles. The Morgan fingerprint density at radius 3 is 2.16 bits per heavy atom. The Morgan fingerprint density at radius 2 is 1.60 bits per heavy atom. The number of nitrogens with two attached hydrogens (primary N) is 1. The number of aliphatic hydroxyl groups is 5. The first-order valence-electron chi connectivity index (χ1n) is 20.4. The molecule has 3 fully saturated rings. The summed E-state index contributed by atoms with van der Waals surface area (Å²) in [5.41, 5.74) is 1.47. The summed E-state index contributed by atoms with van der Waals surface area (Å²) in [7, 11) is 5.28. The molecule has 0 radical (unpaired) electrons. The van der Waals surface area contributed by atoms with Gasteiger partial charge in [0.15, 0.2) is 12.6 Å². The van der Waals surface area contributed by atoms with Gasteiger partial charge in [-0.25, -0.2) is 0 Å². The molecule has 324 valence electrons. The van der Waals surface area contributed by atoms with Crippen molar-refractivity contribution < 1.29 is 58.7 Å². The number of carbonyl (C=O) groups is 1. The summed E-state index contributed by atoms with van der Waals surface area (Å²) < 4.78 is 37.7. The molecule has 3 heterocycles. The zero-order chi connectivity index (χ0) is 41.8. The highest BCUT2D eigenvalue weighted by Gasteiger charge is 2.52. The van der Waals surface area contributed by atoms with Crippen molar-refractivity contribution in [2.75, 3.05) is 40.8 Å². The lowest BCUT2D eigenvalue weighted by Gasteiger charge is -2.48. The molecule has 0 spiro atoms. The Labute approximate surface area is 330 Å². The zero-order valence-corrected chi connectivity index (χ0v) is 35.9. The minimum atomic E-state index is -1.83. The fourth-order valence-electron chi connectivity index (χ4n) is 9.19. The molecule has 0 amide bonds. The summed E-state index contributed by atoms with van der Waals surface area (Å²) in [6.45, 7) is 19.0. The number of ether oxygens (including phenoxy) is 6. The van der Waals surface area contributed by atoms with E-state index >= 15 is 0 Å². The molecule has 0 saturated carbocycles. The van der Waals surface area contributed by atoms with Crippen LogP contribution in [0.15, 0.2) is 0 Å². The van der Waals surface area contributed by atoms with Gasteiger partial charge in [0.1, 0.15) is 30.0 Å². The van der Waals surface area contributed by atoms with Gasteiger partial charge in [-0.3, -0.25) is 9.69 Å². The highest BCUT2D eigenvalue weighted by molar-refractivity contribution is 5.73. The number of carbonyl (C=O) groups excluding carboxylic acids is 1. The fraction of sp³-hybridized carbons (Fsp3) is 0.975. The van der Waals surface area contributed by atoms with Crippen molar-refractivity contribution in [2.45, 2.75) is 192 Å². The SMILES string of the molecule is CC[C@H]1OC(=O)[C@H](C)[C@@H](O[C@H]2C[C@@](C)(OC)[C@@H](O)[C@H](C)O2)[C@H](C)[C@@H](O[C@@H]2O[C@H](C)C[C@H](N(C)C)[C@H]2O)[C@](C)(O)C[C@@H](C)CN(CCCN)[C@H](C)[C@@H](O)[C@]1(C)O. The van der Waals surface area contributed by atoms with Crippen molar-refractivity contribution in [3.05, 3.63) is 0 Å². The van der Waals surface area contributed by atoms with E-state index in [1.165, 1.54) is 14.0 Å². The number of likely N-dealkylation sites (N-methyl/N-ethyl adjacent to an activating group) is 1. The number of esters is 1. The number of aliphatic hydroxyl groups excluding tert-OH is 3. The molecule has 3 aliphatic rings. The van der Waals surface area contributed by atoms with Crippen molar-refractivity contribution in [2.24, 2.45) is 23.5 Å². The second kappa shape index (κ2) is 19.8. The summed E-state index contributed by atoms with van der Waals surface area (Å²) in [6.07, 6.45) is -7.77. The number of hydrogen-bond acceptors (Lipinski definition) is 15. The van der Waals surface area contributed by atoms with Crippen molar-refractivity contribution >= 4 is 5.97 Å². The molecule has 0 aromatic rings. The predicted molar refractivity (Wildman–Crippen MR) is 207 cm³/mol. The van der Waals surface area contributed by atoms with Crippen LogP contribution in [0.5, 0.6) is 0 Å². The van der Waals surface area contributed by atoms with E-state index in [2.05, 4.69) is 4.90 Å². The minimum absolute atomic E-state index is 0.125. The van der Waals surface area contributed by atoms with Crippen LogP contribution in [0.4, 0.5) is 0 Å². The van der Waals surface area contributed by atoms with Crippen LogP contribution < -0.4 is 5.73 Å². The van der Waals surface area contributed by atoms with E-state index in [9.17, 15) is 30.3 Å². The van der Waals surface area contributed by atoms with Gasteiger partial charge < -0.3 is 64.6 Å². The molecule has 0 aromatic carbocycles. The number of hydrogen-bond donors (Lipinski definition) is 6.